The first-order valence-corrected chi connectivity index (χ1v) is 15.8. The van der Waals surface area contributed by atoms with Gasteiger partial charge in [-0.25, -0.2) is 0 Å². The van der Waals surface area contributed by atoms with Crippen molar-refractivity contribution in [2.45, 2.75) is 0 Å². The minimum Gasteiger partial charge on any atom is -0.488 e. The topological polar surface area (TPSA) is 9.23 Å². The molecule has 8 aromatic rings. The third-order valence-corrected chi connectivity index (χ3v) is 9.46. The molecular weight excluding hydrogens is 556 g/mol. The van der Waals surface area contributed by atoms with E-state index in [9.17, 15) is 0 Å². The average molecular weight is 587 g/mol. The number of fused-ring (bicyclic) bond motifs is 11. The van der Waals surface area contributed by atoms with Crippen molar-refractivity contribution in [1.82, 2.24) is 0 Å². The molecule has 0 spiro atoms. The SMILES string of the molecule is C=C1/C=C\C=C/COc2c1ccc1ccc3cc(-c4ccc(-c5ccc6c7ccccc7c7ccccc7c6c5)cc4)ccc3c21. The van der Waals surface area contributed by atoms with Crippen molar-refractivity contribution < 1.29 is 4.74 Å². The summed E-state index contributed by atoms with van der Waals surface area (Å²) < 4.78 is 6.35. The molecule has 0 N–H and O–H groups in total. The molecule has 0 unspecified atom stereocenters. The van der Waals surface area contributed by atoms with Gasteiger partial charge in [-0.05, 0) is 94.5 Å². The molecule has 0 atom stereocenters. The summed E-state index contributed by atoms with van der Waals surface area (Å²) >= 11 is 0. The molecule has 0 aliphatic carbocycles. The average Bonchev–Trinajstić information content (AvgIpc) is 3.21. The van der Waals surface area contributed by atoms with Crippen molar-refractivity contribution in [3.05, 3.63) is 170 Å². The Hall–Kier alpha value is -5.92. The Bertz CT molecular complexity index is 2550. The van der Waals surface area contributed by atoms with Crippen LogP contribution >= 0.6 is 0 Å². The fourth-order valence-electron chi connectivity index (χ4n) is 7.17. The molecule has 0 bridgehead atoms. The highest BCUT2D eigenvalue weighted by Crippen LogP contribution is 2.41. The maximum atomic E-state index is 6.35. The van der Waals surface area contributed by atoms with E-state index in [2.05, 4.69) is 140 Å². The van der Waals surface area contributed by atoms with Gasteiger partial charge < -0.3 is 4.74 Å². The van der Waals surface area contributed by atoms with Crippen LogP contribution in [0.25, 0.3) is 81.7 Å². The van der Waals surface area contributed by atoms with Crippen LogP contribution in [0, 0.1) is 0 Å². The van der Waals surface area contributed by atoms with Crippen LogP contribution in [-0.2, 0) is 0 Å². The van der Waals surface area contributed by atoms with Crippen molar-refractivity contribution in [2.24, 2.45) is 0 Å². The van der Waals surface area contributed by atoms with Crippen molar-refractivity contribution in [3.63, 3.8) is 0 Å². The predicted octanol–water partition coefficient (Wildman–Crippen LogP) is 12.3. The number of ether oxygens (including phenoxy) is 1. The Morgan fingerprint density at radius 2 is 1.00 bits per heavy atom. The number of benzene rings is 8. The molecule has 9 rings (SSSR count). The lowest BCUT2D eigenvalue weighted by Gasteiger charge is -2.16. The quantitative estimate of drug-likeness (QED) is 0.183. The lowest BCUT2D eigenvalue weighted by molar-refractivity contribution is 0.366. The lowest BCUT2D eigenvalue weighted by Crippen LogP contribution is -1.98. The summed E-state index contributed by atoms with van der Waals surface area (Å²) in [6.45, 7) is 4.83. The maximum absolute atomic E-state index is 6.35. The van der Waals surface area contributed by atoms with Crippen LogP contribution in [0.5, 0.6) is 5.75 Å². The summed E-state index contributed by atoms with van der Waals surface area (Å²) in [5.41, 5.74) is 6.82. The fourth-order valence-corrected chi connectivity index (χ4v) is 7.17. The van der Waals surface area contributed by atoms with Gasteiger partial charge in [-0.1, -0.05) is 146 Å². The standard InChI is InChI=1S/C45H30O/c1-29-9-3-2-8-26-46-45-36(29)23-20-32-18-19-35-27-33(21-24-37(35)44(32)45)30-14-16-31(17-15-30)34-22-25-42-40-12-5-4-10-38(40)39-11-6-7-13-41(39)43(42)28-34/h2-25,27-28H,1,26H2/b8-2-,9-3-. The summed E-state index contributed by atoms with van der Waals surface area (Å²) in [6, 6.07) is 48.8. The summed E-state index contributed by atoms with van der Waals surface area (Å²) in [5, 5.41) is 12.5. The molecule has 0 fully saturated rings. The molecule has 1 heteroatoms. The highest BCUT2D eigenvalue weighted by atomic mass is 16.5. The largest absolute Gasteiger partial charge is 0.488 e. The third-order valence-electron chi connectivity index (χ3n) is 9.46. The van der Waals surface area contributed by atoms with Gasteiger partial charge in [0.25, 0.3) is 0 Å². The Balaban J connectivity index is 1.12. The van der Waals surface area contributed by atoms with Crippen molar-refractivity contribution in [2.75, 3.05) is 6.61 Å². The van der Waals surface area contributed by atoms with Crippen molar-refractivity contribution >= 4 is 59.4 Å². The highest BCUT2D eigenvalue weighted by molar-refractivity contribution is 6.25. The fraction of sp³-hybridized carbons (Fsp3) is 0.0222. The first-order chi connectivity index (χ1) is 22.7. The van der Waals surface area contributed by atoms with Gasteiger partial charge in [0.2, 0.25) is 0 Å². The number of rotatable bonds is 2. The maximum Gasteiger partial charge on any atom is 0.136 e. The first-order valence-electron chi connectivity index (χ1n) is 15.8. The monoisotopic (exact) mass is 586 g/mol. The van der Waals surface area contributed by atoms with Gasteiger partial charge >= 0.3 is 0 Å². The molecule has 0 radical (unpaired) electrons. The van der Waals surface area contributed by atoms with E-state index in [1.165, 1.54) is 70.7 Å². The minimum atomic E-state index is 0.522. The second kappa shape index (κ2) is 10.6. The molecule has 0 amide bonds. The minimum absolute atomic E-state index is 0.522. The molecule has 0 saturated carbocycles. The molecule has 1 aliphatic rings. The zero-order valence-electron chi connectivity index (χ0n) is 25.3. The Morgan fingerprint density at radius 3 is 1.70 bits per heavy atom. The zero-order chi connectivity index (χ0) is 30.6. The van der Waals surface area contributed by atoms with Crippen LogP contribution in [-0.4, -0.2) is 6.61 Å². The van der Waals surface area contributed by atoms with Gasteiger partial charge in [0.1, 0.15) is 12.4 Å². The predicted molar refractivity (Wildman–Crippen MR) is 198 cm³/mol. The molecule has 1 nitrogen and oxygen atoms in total. The van der Waals surface area contributed by atoms with Crippen LogP contribution in [0.3, 0.4) is 0 Å². The molecular formula is C45H30O. The Labute approximate surface area is 268 Å². The van der Waals surface area contributed by atoms with E-state index in [-0.39, 0.29) is 0 Å². The van der Waals surface area contributed by atoms with Crippen molar-refractivity contribution in [1.29, 1.82) is 0 Å². The molecule has 216 valence electrons. The molecule has 1 heterocycles. The van der Waals surface area contributed by atoms with Crippen LogP contribution in [0.15, 0.2) is 164 Å². The van der Waals surface area contributed by atoms with Gasteiger partial charge in [-0.2, -0.15) is 0 Å². The van der Waals surface area contributed by atoms with Gasteiger partial charge in [0.15, 0.2) is 0 Å². The van der Waals surface area contributed by atoms with Gasteiger partial charge in [-0.15, -0.1) is 0 Å². The van der Waals surface area contributed by atoms with Crippen LogP contribution in [0.2, 0.25) is 0 Å². The van der Waals surface area contributed by atoms with E-state index in [0.29, 0.717) is 6.61 Å². The van der Waals surface area contributed by atoms with E-state index in [4.69, 9.17) is 4.74 Å². The molecule has 0 saturated heterocycles. The summed E-state index contributed by atoms with van der Waals surface area (Å²) in [4.78, 5) is 0. The summed E-state index contributed by atoms with van der Waals surface area (Å²) in [7, 11) is 0. The van der Waals surface area contributed by atoms with Crippen LogP contribution < -0.4 is 4.74 Å². The van der Waals surface area contributed by atoms with E-state index in [1.54, 1.807) is 0 Å². The van der Waals surface area contributed by atoms with E-state index < -0.39 is 0 Å². The Kier molecular flexibility index (Phi) is 6.11. The molecule has 46 heavy (non-hydrogen) atoms. The van der Waals surface area contributed by atoms with E-state index in [1.807, 2.05) is 24.3 Å². The van der Waals surface area contributed by atoms with Crippen molar-refractivity contribution in [3.8, 4) is 28.0 Å². The third kappa shape index (κ3) is 4.24. The number of hydrogen-bond donors (Lipinski definition) is 0. The van der Waals surface area contributed by atoms with E-state index in [0.717, 1.165) is 22.3 Å². The molecule has 8 aromatic carbocycles. The lowest BCUT2D eigenvalue weighted by atomic mass is 9.91. The van der Waals surface area contributed by atoms with Gasteiger partial charge in [0.05, 0.1) is 0 Å². The zero-order valence-corrected chi connectivity index (χ0v) is 25.3. The van der Waals surface area contributed by atoms with Gasteiger partial charge in [0, 0.05) is 10.9 Å². The number of hydrogen-bond acceptors (Lipinski definition) is 1. The second-order valence-electron chi connectivity index (χ2n) is 12.1. The molecule has 0 aromatic heterocycles. The summed E-state index contributed by atoms with van der Waals surface area (Å²) in [5.74, 6) is 0.901. The summed E-state index contributed by atoms with van der Waals surface area (Å²) in [6.07, 6.45) is 8.12. The van der Waals surface area contributed by atoms with Crippen LogP contribution in [0.1, 0.15) is 5.56 Å². The molecule has 1 aliphatic heterocycles. The van der Waals surface area contributed by atoms with Gasteiger partial charge in [-0.3, -0.25) is 0 Å². The number of allylic oxidation sites excluding steroid dienone is 4. The highest BCUT2D eigenvalue weighted by Gasteiger charge is 2.15. The normalized spacial score (nSPS) is 14.6. The van der Waals surface area contributed by atoms with Crippen LogP contribution in [0.4, 0.5) is 0 Å². The van der Waals surface area contributed by atoms with E-state index >= 15 is 0 Å². The Morgan fingerprint density at radius 1 is 0.457 bits per heavy atom. The second-order valence-corrected chi connectivity index (χ2v) is 12.1. The first kappa shape index (κ1) is 26.5. The smallest absolute Gasteiger partial charge is 0.136 e.